The lowest BCUT2D eigenvalue weighted by molar-refractivity contribution is -0.115. The van der Waals surface area contributed by atoms with Gasteiger partial charge in [-0.1, -0.05) is 30.3 Å². The van der Waals surface area contributed by atoms with E-state index in [1.807, 2.05) is 6.07 Å². The predicted molar refractivity (Wildman–Crippen MR) is 63.8 cm³/mol. The minimum Gasteiger partial charge on any atom is -0.384 e. The fourth-order valence-electron chi connectivity index (χ4n) is 1.36. The number of aliphatic hydroxyl groups is 1. The number of hydrogen-bond acceptors (Lipinski definition) is 4. The van der Waals surface area contributed by atoms with Gasteiger partial charge in [0.2, 0.25) is 10.0 Å². The van der Waals surface area contributed by atoms with Gasteiger partial charge in [-0.2, -0.15) is 4.31 Å². The van der Waals surface area contributed by atoms with E-state index in [4.69, 9.17) is 0 Å². The van der Waals surface area contributed by atoms with Crippen molar-refractivity contribution >= 4 is 16.3 Å². The Hall–Kier alpha value is -1.24. The maximum atomic E-state index is 11.5. The molecular formula is C11H15NO4S. The molecule has 0 spiro atoms. The van der Waals surface area contributed by atoms with Crippen molar-refractivity contribution < 1.29 is 18.3 Å². The molecule has 0 aliphatic rings. The minimum atomic E-state index is -3.45. The molecule has 0 amide bonds. The molecule has 0 fully saturated rings. The zero-order chi connectivity index (χ0) is 12.9. The summed E-state index contributed by atoms with van der Waals surface area (Å²) >= 11 is 0. The highest BCUT2D eigenvalue weighted by Crippen LogP contribution is 2.08. The van der Waals surface area contributed by atoms with Gasteiger partial charge in [0.15, 0.2) is 0 Å². The summed E-state index contributed by atoms with van der Waals surface area (Å²) in [4.78, 5) is 10.3. The summed E-state index contributed by atoms with van der Waals surface area (Å²) in [7, 11) is -3.45. The van der Waals surface area contributed by atoms with Gasteiger partial charge in [0, 0.05) is 13.1 Å². The molecule has 1 atom stereocenters. The normalized spacial score (nSPS) is 13.6. The highest BCUT2D eigenvalue weighted by molar-refractivity contribution is 7.88. The monoisotopic (exact) mass is 257 g/mol. The minimum absolute atomic E-state index is 0.143. The van der Waals surface area contributed by atoms with Crippen molar-refractivity contribution in [1.29, 1.82) is 0 Å². The van der Waals surface area contributed by atoms with Crippen LogP contribution in [0.2, 0.25) is 0 Å². The molecule has 0 aromatic heterocycles. The topological polar surface area (TPSA) is 74.7 Å². The van der Waals surface area contributed by atoms with Crippen molar-refractivity contribution in [2.45, 2.75) is 12.6 Å². The molecule has 6 heteroatoms. The van der Waals surface area contributed by atoms with E-state index >= 15 is 0 Å². The maximum Gasteiger partial charge on any atom is 0.211 e. The lowest BCUT2D eigenvalue weighted by Crippen LogP contribution is -2.36. The first-order valence-corrected chi connectivity index (χ1v) is 6.90. The summed E-state index contributed by atoms with van der Waals surface area (Å²) in [5, 5.41) is 9.20. The summed E-state index contributed by atoms with van der Waals surface area (Å²) in [6, 6.07) is 8.99. The van der Waals surface area contributed by atoms with E-state index in [1.165, 1.54) is 0 Å². The first-order chi connectivity index (χ1) is 7.93. The number of carbonyl (C=O) groups excluding carboxylic acids is 1. The van der Waals surface area contributed by atoms with Crippen LogP contribution in [0.1, 0.15) is 5.56 Å². The first kappa shape index (κ1) is 13.8. The summed E-state index contributed by atoms with van der Waals surface area (Å²) in [5.41, 5.74) is 0.802. The van der Waals surface area contributed by atoms with E-state index in [-0.39, 0.29) is 13.1 Å². The quantitative estimate of drug-likeness (QED) is 0.728. The van der Waals surface area contributed by atoms with Crippen LogP contribution in [-0.2, 0) is 21.4 Å². The Balaban J connectivity index is 2.82. The highest BCUT2D eigenvalue weighted by Gasteiger charge is 2.20. The van der Waals surface area contributed by atoms with Gasteiger partial charge in [0.1, 0.15) is 12.4 Å². The van der Waals surface area contributed by atoms with Crippen LogP contribution in [0.4, 0.5) is 0 Å². The molecule has 0 radical (unpaired) electrons. The van der Waals surface area contributed by atoms with Gasteiger partial charge >= 0.3 is 0 Å². The Labute approximate surface area is 101 Å². The summed E-state index contributed by atoms with van der Waals surface area (Å²) in [5.74, 6) is 0. The Morgan fingerprint density at radius 2 is 1.94 bits per heavy atom. The second kappa shape index (κ2) is 5.90. The number of hydrogen-bond donors (Lipinski definition) is 1. The fraction of sp³-hybridized carbons (Fsp3) is 0.364. The number of aliphatic hydroxyl groups excluding tert-OH is 1. The van der Waals surface area contributed by atoms with Crippen molar-refractivity contribution in [2.24, 2.45) is 0 Å². The van der Waals surface area contributed by atoms with Crippen molar-refractivity contribution in [3.05, 3.63) is 35.9 Å². The molecule has 17 heavy (non-hydrogen) atoms. The lowest BCUT2D eigenvalue weighted by atomic mass is 10.2. The van der Waals surface area contributed by atoms with E-state index in [1.54, 1.807) is 24.3 Å². The molecule has 0 heterocycles. The van der Waals surface area contributed by atoms with Crippen LogP contribution < -0.4 is 0 Å². The van der Waals surface area contributed by atoms with Gasteiger partial charge < -0.3 is 9.90 Å². The molecule has 1 rings (SSSR count). The zero-order valence-corrected chi connectivity index (χ0v) is 10.3. The molecule has 0 saturated heterocycles. The van der Waals surface area contributed by atoms with E-state index < -0.39 is 16.1 Å². The summed E-state index contributed by atoms with van der Waals surface area (Å²) < 4.78 is 24.0. The number of benzene rings is 1. The van der Waals surface area contributed by atoms with Crippen molar-refractivity contribution in [2.75, 3.05) is 12.8 Å². The first-order valence-electron chi connectivity index (χ1n) is 5.06. The molecule has 0 aliphatic heterocycles. The third-order valence-electron chi connectivity index (χ3n) is 2.22. The van der Waals surface area contributed by atoms with Gasteiger partial charge in [0.25, 0.3) is 0 Å². The molecule has 0 aliphatic carbocycles. The molecule has 1 aromatic rings. The van der Waals surface area contributed by atoms with Crippen LogP contribution in [0.5, 0.6) is 0 Å². The molecule has 94 valence electrons. The van der Waals surface area contributed by atoms with Gasteiger partial charge in [0.05, 0.1) is 6.26 Å². The number of carbonyl (C=O) groups is 1. The Bertz CT molecular complexity index is 458. The third kappa shape index (κ3) is 4.64. The lowest BCUT2D eigenvalue weighted by Gasteiger charge is -2.20. The van der Waals surface area contributed by atoms with E-state index in [0.29, 0.717) is 6.29 Å². The van der Waals surface area contributed by atoms with E-state index in [2.05, 4.69) is 0 Å². The highest BCUT2D eigenvalue weighted by atomic mass is 32.2. The number of aldehydes is 1. The molecular weight excluding hydrogens is 242 g/mol. The smallest absolute Gasteiger partial charge is 0.211 e. The average Bonchev–Trinajstić information content (AvgIpc) is 2.28. The molecule has 1 aromatic carbocycles. The van der Waals surface area contributed by atoms with Gasteiger partial charge in [-0.05, 0) is 5.56 Å². The van der Waals surface area contributed by atoms with Gasteiger partial charge in [-0.25, -0.2) is 8.42 Å². The van der Waals surface area contributed by atoms with Crippen molar-refractivity contribution in [3.63, 3.8) is 0 Å². The molecule has 1 unspecified atom stereocenters. The standard InChI is InChI=1S/C11H15NO4S/c1-17(15,16)12(8-11(14)9-13)7-10-5-3-2-4-6-10/h2-6,9,11,14H,7-8H2,1H3. The maximum absolute atomic E-state index is 11.5. The second-order valence-corrected chi connectivity index (χ2v) is 5.73. The van der Waals surface area contributed by atoms with Crippen molar-refractivity contribution in [1.82, 2.24) is 4.31 Å². The molecule has 0 saturated carbocycles. The third-order valence-corrected chi connectivity index (χ3v) is 3.43. The number of nitrogens with zero attached hydrogens (tertiary/aromatic N) is 1. The van der Waals surface area contributed by atoms with Crippen LogP contribution >= 0.6 is 0 Å². The van der Waals surface area contributed by atoms with Crippen LogP contribution in [0.3, 0.4) is 0 Å². The Morgan fingerprint density at radius 1 is 1.35 bits per heavy atom. The van der Waals surface area contributed by atoms with Crippen LogP contribution in [0.25, 0.3) is 0 Å². The SMILES string of the molecule is CS(=O)(=O)N(Cc1ccccc1)CC(O)C=O. The Morgan fingerprint density at radius 3 is 2.41 bits per heavy atom. The summed E-state index contributed by atoms with van der Waals surface area (Å²) in [6.45, 7) is -0.0815. The van der Waals surface area contributed by atoms with Crippen molar-refractivity contribution in [3.8, 4) is 0 Å². The molecule has 0 bridgehead atoms. The van der Waals surface area contributed by atoms with E-state index in [0.717, 1.165) is 16.1 Å². The van der Waals surface area contributed by atoms with Gasteiger partial charge in [-0.3, -0.25) is 0 Å². The zero-order valence-electron chi connectivity index (χ0n) is 9.48. The predicted octanol–water partition coefficient (Wildman–Crippen LogP) is 0.00800. The summed E-state index contributed by atoms with van der Waals surface area (Å²) in [6.07, 6.45) is 0.0739. The van der Waals surface area contributed by atoms with Crippen LogP contribution in [-0.4, -0.2) is 43.0 Å². The molecule has 5 nitrogen and oxygen atoms in total. The largest absolute Gasteiger partial charge is 0.384 e. The number of sulfonamides is 1. The van der Waals surface area contributed by atoms with Gasteiger partial charge in [-0.15, -0.1) is 0 Å². The molecule has 1 N–H and O–H groups in total. The fourth-order valence-corrected chi connectivity index (χ4v) is 2.16. The van der Waals surface area contributed by atoms with Crippen LogP contribution in [0, 0.1) is 0 Å². The van der Waals surface area contributed by atoms with Crippen LogP contribution in [0.15, 0.2) is 30.3 Å². The second-order valence-electron chi connectivity index (χ2n) is 3.74. The number of rotatable bonds is 6. The average molecular weight is 257 g/mol. The van der Waals surface area contributed by atoms with E-state index in [9.17, 15) is 18.3 Å². The Kier molecular flexibility index (Phi) is 4.80.